The Morgan fingerprint density at radius 2 is 1.61 bits per heavy atom. The topological polar surface area (TPSA) is 66.5 Å². The second-order valence-electron chi connectivity index (χ2n) is 7.29. The van der Waals surface area contributed by atoms with E-state index in [4.69, 9.17) is 0 Å². The van der Waals surface area contributed by atoms with Crippen molar-refractivity contribution in [3.63, 3.8) is 0 Å². The highest BCUT2D eigenvalue weighted by Gasteiger charge is 2.32. The lowest BCUT2D eigenvalue weighted by molar-refractivity contribution is -0.122. The number of sulfonamides is 1. The van der Waals surface area contributed by atoms with E-state index in [0.717, 1.165) is 16.1 Å². The van der Waals surface area contributed by atoms with E-state index in [-0.39, 0.29) is 11.7 Å². The largest absolute Gasteiger partial charge is 0.347 e. The van der Waals surface area contributed by atoms with Crippen molar-refractivity contribution in [2.45, 2.75) is 39.3 Å². The van der Waals surface area contributed by atoms with Crippen LogP contribution in [0.3, 0.4) is 0 Å². The molecule has 0 radical (unpaired) electrons. The predicted molar refractivity (Wildman–Crippen MR) is 110 cm³/mol. The number of rotatable bonds is 8. The van der Waals surface area contributed by atoms with Gasteiger partial charge in [-0.25, -0.2) is 12.8 Å². The van der Waals surface area contributed by atoms with Gasteiger partial charge >= 0.3 is 0 Å². The Bertz CT molecular complexity index is 901. The van der Waals surface area contributed by atoms with E-state index in [2.05, 4.69) is 5.32 Å². The first-order valence-corrected chi connectivity index (χ1v) is 11.0. The highest BCUT2D eigenvalue weighted by atomic mass is 32.2. The van der Waals surface area contributed by atoms with E-state index in [0.29, 0.717) is 12.3 Å². The Balaban J connectivity index is 2.32. The Morgan fingerprint density at radius 3 is 2.14 bits per heavy atom. The Labute approximate surface area is 166 Å². The number of carbonyl (C=O) groups excluding carboxylic acids is 1. The molecule has 0 fully saturated rings. The van der Waals surface area contributed by atoms with Crippen LogP contribution >= 0.6 is 0 Å². The molecule has 2 atom stereocenters. The predicted octanol–water partition coefficient (Wildman–Crippen LogP) is 3.88. The van der Waals surface area contributed by atoms with Crippen molar-refractivity contribution >= 4 is 21.6 Å². The van der Waals surface area contributed by atoms with Gasteiger partial charge in [-0.1, -0.05) is 56.3 Å². The Kier molecular flexibility index (Phi) is 7.18. The first-order valence-electron chi connectivity index (χ1n) is 9.20. The number of carbonyl (C=O) groups is 1. The van der Waals surface area contributed by atoms with Crippen molar-refractivity contribution in [3.8, 4) is 0 Å². The maximum Gasteiger partial charge on any atom is 0.244 e. The maximum absolute atomic E-state index is 14.3. The van der Waals surface area contributed by atoms with Gasteiger partial charge in [-0.2, -0.15) is 0 Å². The molecule has 2 rings (SSSR count). The third-order valence-corrected chi connectivity index (χ3v) is 5.63. The molecule has 0 spiro atoms. The van der Waals surface area contributed by atoms with Crippen molar-refractivity contribution in [3.05, 3.63) is 66.0 Å². The van der Waals surface area contributed by atoms with Gasteiger partial charge in [0.1, 0.15) is 11.9 Å². The third kappa shape index (κ3) is 5.55. The van der Waals surface area contributed by atoms with Crippen LogP contribution < -0.4 is 9.62 Å². The summed E-state index contributed by atoms with van der Waals surface area (Å²) in [5.74, 6) is -0.865. The quantitative estimate of drug-likeness (QED) is 0.723. The molecule has 28 heavy (non-hydrogen) atoms. The van der Waals surface area contributed by atoms with E-state index in [1.165, 1.54) is 31.2 Å². The van der Waals surface area contributed by atoms with Gasteiger partial charge in [0, 0.05) is 0 Å². The van der Waals surface area contributed by atoms with Crippen LogP contribution in [-0.4, -0.2) is 26.6 Å². The van der Waals surface area contributed by atoms with Crippen LogP contribution in [0, 0.1) is 11.7 Å². The number of hydrogen-bond acceptors (Lipinski definition) is 3. The average Bonchev–Trinajstić information content (AvgIpc) is 2.62. The minimum atomic E-state index is -3.88. The van der Waals surface area contributed by atoms with Gasteiger partial charge in [-0.05, 0) is 37.0 Å². The summed E-state index contributed by atoms with van der Waals surface area (Å²) in [6.45, 7) is 5.56. The molecule has 2 aromatic rings. The third-order valence-electron chi connectivity index (χ3n) is 4.40. The summed E-state index contributed by atoms with van der Waals surface area (Å²) in [7, 11) is -3.88. The molecule has 0 heterocycles. The van der Waals surface area contributed by atoms with Crippen LogP contribution in [0.25, 0.3) is 0 Å². The first kappa shape index (κ1) is 21.9. The van der Waals surface area contributed by atoms with Gasteiger partial charge in [0.05, 0.1) is 18.0 Å². The molecule has 0 aliphatic heterocycles. The minimum Gasteiger partial charge on any atom is -0.347 e. The Morgan fingerprint density at radius 1 is 1.04 bits per heavy atom. The fourth-order valence-electron chi connectivity index (χ4n) is 3.14. The van der Waals surface area contributed by atoms with Crippen molar-refractivity contribution in [1.29, 1.82) is 0 Å². The zero-order valence-corrected chi connectivity index (χ0v) is 17.4. The number of hydrogen-bond donors (Lipinski definition) is 1. The van der Waals surface area contributed by atoms with Gasteiger partial charge in [0.2, 0.25) is 15.9 Å². The SMILES string of the molecule is CC(C)CC(NC(=O)C(C)N(c1ccccc1F)S(C)(=O)=O)c1ccccc1. The van der Waals surface area contributed by atoms with E-state index < -0.39 is 27.8 Å². The zero-order valence-electron chi connectivity index (χ0n) is 16.6. The van der Waals surface area contributed by atoms with E-state index in [1.807, 2.05) is 44.2 Å². The number of nitrogens with zero attached hydrogens (tertiary/aromatic N) is 1. The summed E-state index contributed by atoms with van der Waals surface area (Å²) >= 11 is 0. The number of halogens is 1. The van der Waals surface area contributed by atoms with Crippen LogP contribution in [0.1, 0.15) is 38.8 Å². The van der Waals surface area contributed by atoms with Crippen LogP contribution in [0.15, 0.2) is 54.6 Å². The molecule has 2 unspecified atom stereocenters. The normalized spacial score (nSPS) is 13.8. The zero-order chi connectivity index (χ0) is 20.9. The highest BCUT2D eigenvalue weighted by molar-refractivity contribution is 7.92. The highest BCUT2D eigenvalue weighted by Crippen LogP contribution is 2.26. The standard InChI is InChI=1S/C21H27FN2O3S/c1-15(2)14-19(17-10-6-5-7-11-17)23-21(25)16(3)24(28(4,26)27)20-13-9-8-12-18(20)22/h5-13,15-16,19H,14H2,1-4H3,(H,23,25). The lowest BCUT2D eigenvalue weighted by Crippen LogP contribution is -2.49. The fraction of sp³-hybridized carbons (Fsp3) is 0.381. The number of para-hydroxylation sites is 1. The van der Waals surface area contributed by atoms with Gasteiger partial charge in [-0.15, -0.1) is 0 Å². The number of amides is 1. The van der Waals surface area contributed by atoms with Crippen LogP contribution in [-0.2, 0) is 14.8 Å². The van der Waals surface area contributed by atoms with Crippen molar-refractivity contribution < 1.29 is 17.6 Å². The molecular weight excluding hydrogens is 379 g/mol. The summed E-state index contributed by atoms with van der Waals surface area (Å²) in [6, 6.07) is 13.7. The summed E-state index contributed by atoms with van der Waals surface area (Å²) in [4.78, 5) is 12.9. The number of nitrogens with one attached hydrogen (secondary N) is 1. The maximum atomic E-state index is 14.3. The van der Waals surface area contributed by atoms with E-state index in [1.54, 1.807) is 0 Å². The summed E-state index contributed by atoms with van der Waals surface area (Å²) in [5, 5.41) is 2.94. The molecule has 0 aliphatic carbocycles. The molecule has 7 heteroatoms. The second-order valence-corrected chi connectivity index (χ2v) is 9.15. The van der Waals surface area contributed by atoms with Gasteiger partial charge in [0.25, 0.3) is 0 Å². The summed E-state index contributed by atoms with van der Waals surface area (Å²) in [5.41, 5.74) is 0.793. The smallest absolute Gasteiger partial charge is 0.244 e. The molecule has 0 aromatic heterocycles. The fourth-order valence-corrected chi connectivity index (χ4v) is 4.31. The molecular formula is C21H27FN2O3S. The van der Waals surface area contributed by atoms with Gasteiger partial charge in [0.15, 0.2) is 0 Å². The average molecular weight is 407 g/mol. The lowest BCUT2D eigenvalue weighted by atomic mass is 9.96. The van der Waals surface area contributed by atoms with Gasteiger partial charge in [-0.3, -0.25) is 9.10 Å². The second kappa shape index (κ2) is 9.19. The molecule has 1 N–H and O–H groups in total. The molecule has 0 saturated heterocycles. The monoisotopic (exact) mass is 406 g/mol. The summed E-state index contributed by atoms with van der Waals surface area (Å²) < 4.78 is 39.8. The van der Waals surface area contributed by atoms with Gasteiger partial charge < -0.3 is 5.32 Å². The van der Waals surface area contributed by atoms with Crippen LogP contribution in [0.2, 0.25) is 0 Å². The molecule has 1 amide bonds. The molecule has 0 bridgehead atoms. The first-order chi connectivity index (χ1) is 13.1. The summed E-state index contributed by atoms with van der Waals surface area (Å²) in [6.07, 6.45) is 1.66. The molecule has 2 aromatic carbocycles. The van der Waals surface area contributed by atoms with E-state index >= 15 is 0 Å². The van der Waals surface area contributed by atoms with E-state index in [9.17, 15) is 17.6 Å². The Hall–Kier alpha value is -2.41. The lowest BCUT2D eigenvalue weighted by Gasteiger charge is -2.30. The molecule has 5 nitrogen and oxygen atoms in total. The number of anilines is 1. The molecule has 152 valence electrons. The van der Waals surface area contributed by atoms with Crippen molar-refractivity contribution in [2.24, 2.45) is 5.92 Å². The van der Waals surface area contributed by atoms with Crippen molar-refractivity contribution in [1.82, 2.24) is 5.32 Å². The molecule has 0 aliphatic rings. The van der Waals surface area contributed by atoms with Crippen molar-refractivity contribution in [2.75, 3.05) is 10.6 Å². The molecule has 0 saturated carbocycles. The van der Waals surface area contributed by atoms with Crippen LogP contribution in [0.4, 0.5) is 10.1 Å². The van der Waals surface area contributed by atoms with Crippen LogP contribution in [0.5, 0.6) is 0 Å². The number of benzene rings is 2. The minimum absolute atomic E-state index is 0.146.